The lowest BCUT2D eigenvalue weighted by Gasteiger charge is -2.26. The molecule has 2 aromatic rings. The maximum atomic E-state index is 5.86. The molecule has 0 saturated carbocycles. The van der Waals surface area contributed by atoms with Crippen molar-refractivity contribution >= 4 is 5.52 Å². The summed E-state index contributed by atoms with van der Waals surface area (Å²) in [6.45, 7) is 5.51. The van der Waals surface area contributed by atoms with Gasteiger partial charge in [0, 0.05) is 18.2 Å². The van der Waals surface area contributed by atoms with Gasteiger partial charge in [0.25, 0.3) is 0 Å². The number of hydrogen-bond donors (Lipinski definition) is 0. The van der Waals surface area contributed by atoms with Gasteiger partial charge in [-0.25, -0.2) is 4.52 Å². The molecule has 96 valence electrons. The molecular formula is C14H18N2O2. The van der Waals surface area contributed by atoms with Gasteiger partial charge in [0.2, 0.25) is 0 Å². The molecule has 0 bridgehead atoms. The summed E-state index contributed by atoms with van der Waals surface area (Å²) >= 11 is 0. The van der Waals surface area contributed by atoms with E-state index in [1.54, 1.807) is 0 Å². The number of hydrogen-bond acceptors (Lipinski definition) is 3. The SMILES string of the molecule is CCc1cc2c(C3(CC)OCCO3)cccn2n1. The van der Waals surface area contributed by atoms with Gasteiger partial charge in [0.05, 0.1) is 24.4 Å². The first kappa shape index (κ1) is 11.7. The molecule has 4 nitrogen and oxygen atoms in total. The molecular weight excluding hydrogens is 228 g/mol. The molecule has 0 unspecified atom stereocenters. The maximum absolute atomic E-state index is 5.86. The highest BCUT2D eigenvalue weighted by Crippen LogP contribution is 2.37. The second kappa shape index (κ2) is 4.37. The van der Waals surface area contributed by atoms with E-state index in [1.165, 1.54) is 0 Å². The quantitative estimate of drug-likeness (QED) is 0.834. The van der Waals surface area contributed by atoms with Gasteiger partial charge in [-0.1, -0.05) is 13.8 Å². The molecule has 1 saturated heterocycles. The Morgan fingerprint density at radius 2 is 2.11 bits per heavy atom. The number of fused-ring (bicyclic) bond motifs is 1. The zero-order chi connectivity index (χ0) is 12.6. The van der Waals surface area contributed by atoms with E-state index in [4.69, 9.17) is 9.47 Å². The Labute approximate surface area is 107 Å². The Morgan fingerprint density at radius 1 is 1.33 bits per heavy atom. The summed E-state index contributed by atoms with van der Waals surface area (Å²) in [5, 5.41) is 4.53. The minimum atomic E-state index is -0.590. The molecule has 0 radical (unpaired) electrons. The zero-order valence-corrected chi connectivity index (χ0v) is 10.8. The fraction of sp³-hybridized carbons (Fsp3) is 0.500. The first-order valence-electron chi connectivity index (χ1n) is 6.55. The molecule has 1 aliphatic rings. The fourth-order valence-electron chi connectivity index (χ4n) is 2.57. The van der Waals surface area contributed by atoms with Crippen molar-refractivity contribution in [1.82, 2.24) is 9.61 Å². The molecule has 1 aliphatic heterocycles. The van der Waals surface area contributed by atoms with E-state index in [1.807, 2.05) is 16.8 Å². The van der Waals surface area contributed by atoms with Crippen LogP contribution in [0.3, 0.4) is 0 Å². The van der Waals surface area contributed by atoms with Crippen molar-refractivity contribution in [3.63, 3.8) is 0 Å². The van der Waals surface area contributed by atoms with Gasteiger partial charge in [-0.2, -0.15) is 5.10 Å². The molecule has 0 aromatic carbocycles. The topological polar surface area (TPSA) is 35.8 Å². The standard InChI is InChI=1S/C14H18N2O2/c1-3-11-10-13-12(6-5-7-16(13)15-11)14(4-2)17-8-9-18-14/h5-7,10H,3-4,8-9H2,1-2H3. The molecule has 4 heteroatoms. The molecule has 0 amide bonds. The zero-order valence-electron chi connectivity index (χ0n) is 10.8. The van der Waals surface area contributed by atoms with E-state index in [2.05, 4.69) is 31.1 Å². The molecule has 18 heavy (non-hydrogen) atoms. The van der Waals surface area contributed by atoms with Gasteiger partial charge in [-0.05, 0) is 24.6 Å². The highest BCUT2D eigenvalue weighted by atomic mass is 16.7. The summed E-state index contributed by atoms with van der Waals surface area (Å²) in [7, 11) is 0. The van der Waals surface area contributed by atoms with E-state index < -0.39 is 5.79 Å². The van der Waals surface area contributed by atoms with E-state index in [9.17, 15) is 0 Å². The number of ether oxygens (including phenoxy) is 2. The number of pyridine rings is 1. The van der Waals surface area contributed by atoms with Gasteiger partial charge < -0.3 is 9.47 Å². The van der Waals surface area contributed by atoms with Crippen LogP contribution < -0.4 is 0 Å². The highest BCUT2D eigenvalue weighted by molar-refractivity contribution is 5.57. The second-order valence-electron chi connectivity index (χ2n) is 4.54. The molecule has 3 rings (SSSR count). The summed E-state index contributed by atoms with van der Waals surface area (Å²) in [4.78, 5) is 0. The Hall–Kier alpha value is -1.39. The normalized spacial score (nSPS) is 18.6. The average Bonchev–Trinajstić information content (AvgIpc) is 3.05. The van der Waals surface area contributed by atoms with Crippen molar-refractivity contribution in [2.24, 2.45) is 0 Å². The Balaban J connectivity index is 2.18. The molecule has 0 aliphatic carbocycles. The Kier molecular flexibility index (Phi) is 2.84. The summed E-state index contributed by atoms with van der Waals surface area (Å²) in [5.41, 5.74) is 3.25. The molecule has 0 N–H and O–H groups in total. The van der Waals surface area contributed by atoms with Gasteiger partial charge in [0.1, 0.15) is 0 Å². The summed E-state index contributed by atoms with van der Waals surface area (Å²) < 4.78 is 13.6. The van der Waals surface area contributed by atoms with Crippen molar-refractivity contribution in [3.05, 3.63) is 35.7 Å². The van der Waals surface area contributed by atoms with Crippen LogP contribution in [0.5, 0.6) is 0 Å². The predicted molar refractivity (Wildman–Crippen MR) is 68.4 cm³/mol. The number of aryl methyl sites for hydroxylation is 1. The van der Waals surface area contributed by atoms with Crippen LogP contribution >= 0.6 is 0 Å². The van der Waals surface area contributed by atoms with Crippen LogP contribution in [-0.4, -0.2) is 22.8 Å². The predicted octanol–water partition coefficient (Wildman–Crippen LogP) is 2.51. The van der Waals surface area contributed by atoms with Crippen LogP contribution in [0.2, 0.25) is 0 Å². The van der Waals surface area contributed by atoms with Crippen LogP contribution in [0.25, 0.3) is 5.52 Å². The maximum Gasteiger partial charge on any atom is 0.196 e. The lowest BCUT2D eigenvalue weighted by molar-refractivity contribution is -0.166. The van der Waals surface area contributed by atoms with Gasteiger partial charge >= 0.3 is 0 Å². The van der Waals surface area contributed by atoms with Gasteiger partial charge in [-0.3, -0.25) is 0 Å². The van der Waals surface area contributed by atoms with Gasteiger partial charge in [-0.15, -0.1) is 0 Å². The number of aromatic nitrogens is 2. The first-order valence-corrected chi connectivity index (χ1v) is 6.55. The number of rotatable bonds is 3. The minimum Gasteiger partial charge on any atom is -0.343 e. The second-order valence-corrected chi connectivity index (χ2v) is 4.54. The summed E-state index contributed by atoms with van der Waals surface area (Å²) in [6, 6.07) is 6.19. The van der Waals surface area contributed by atoms with Crippen molar-refractivity contribution in [2.75, 3.05) is 13.2 Å². The lowest BCUT2D eigenvalue weighted by Crippen LogP contribution is -2.26. The van der Waals surface area contributed by atoms with E-state index in [0.717, 1.165) is 29.6 Å². The Morgan fingerprint density at radius 3 is 2.78 bits per heavy atom. The van der Waals surface area contributed by atoms with Crippen LogP contribution in [0, 0.1) is 0 Å². The smallest absolute Gasteiger partial charge is 0.196 e. The van der Waals surface area contributed by atoms with Crippen LogP contribution in [0.1, 0.15) is 31.5 Å². The van der Waals surface area contributed by atoms with E-state index in [-0.39, 0.29) is 0 Å². The monoisotopic (exact) mass is 246 g/mol. The van der Waals surface area contributed by atoms with Crippen molar-refractivity contribution < 1.29 is 9.47 Å². The highest BCUT2D eigenvalue weighted by Gasteiger charge is 2.38. The van der Waals surface area contributed by atoms with Crippen molar-refractivity contribution in [3.8, 4) is 0 Å². The van der Waals surface area contributed by atoms with Crippen molar-refractivity contribution in [2.45, 2.75) is 32.5 Å². The summed E-state index contributed by atoms with van der Waals surface area (Å²) in [6.07, 6.45) is 3.71. The molecule has 0 spiro atoms. The summed E-state index contributed by atoms with van der Waals surface area (Å²) in [5.74, 6) is -0.590. The fourth-order valence-corrected chi connectivity index (χ4v) is 2.57. The van der Waals surface area contributed by atoms with E-state index >= 15 is 0 Å². The van der Waals surface area contributed by atoms with E-state index in [0.29, 0.717) is 13.2 Å². The Bertz CT molecular complexity index is 556. The van der Waals surface area contributed by atoms with Gasteiger partial charge in [0.15, 0.2) is 5.79 Å². The van der Waals surface area contributed by atoms with Crippen molar-refractivity contribution in [1.29, 1.82) is 0 Å². The third-order valence-corrected chi connectivity index (χ3v) is 3.54. The molecule has 0 atom stereocenters. The first-order chi connectivity index (χ1) is 8.79. The van der Waals surface area contributed by atoms with Crippen LogP contribution in [0.15, 0.2) is 24.4 Å². The molecule has 1 fully saturated rings. The van der Waals surface area contributed by atoms with Crippen LogP contribution in [0.4, 0.5) is 0 Å². The average molecular weight is 246 g/mol. The third kappa shape index (κ3) is 1.64. The largest absolute Gasteiger partial charge is 0.343 e. The molecule has 3 heterocycles. The number of nitrogens with zero attached hydrogens (tertiary/aromatic N) is 2. The minimum absolute atomic E-state index is 0.590. The lowest BCUT2D eigenvalue weighted by atomic mass is 10.0. The van der Waals surface area contributed by atoms with Crippen LogP contribution in [-0.2, 0) is 21.7 Å². The third-order valence-electron chi connectivity index (χ3n) is 3.54. The molecule has 2 aromatic heterocycles.